The van der Waals surface area contributed by atoms with Crippen molar-refractivity contribution in [3.63, 3.8) is 0 Å². The molecule has 3 rings (SSSR count). The Kier molecular flexibility index (Phi) is 3.64. The number of aromatic nitrogens is 2. The van der Waals surface area contributed by atoms with Gasteiger partial charge >= 0.3 is 0 Å². The molecule has 0 atom stereocenters. The molecule has 0 aliphatic heterocycles. The van der Waals surface area contributed by atoms with Gasteiger partial charge in [0.15, 0.2) is 0 Å². The Morgan fingerprint density at radius 1 is 1.30 bits per heavy atom. The zero-order chi connectivity index (χ0) is 14.4. The van der Waals surface area contributed by atoms with Crippen molar-refractivity contribution in [3.8, 4) is 5.69 Å². The van der Waals surface area contributed by atoms with Crippen LogP contribution in [-0.2, 0) is 0 Å². The molecule has 0 spiro atoms. The molecule has 0 unspecified atom stereocenters. The molecule has 0 amide bonds. The van der Waals surface area contributed by atoms with E-state index in [2.05, 4.69) is 20.9 Å². The summed E-state index contributed by atoms with van der Waals surface area (Å²) in [5.41, 5.74) is 7.94. The van der Waals surface area contributed by atoms with Crippen molar-refractivity contribution in [2.24, 2.45) is 0 Å². The van der Waals surface area contributed by atoms with Gasteiger partial charge in [0, 0.05) is 10.5 Å². The number of nitrogens with zero attached hydrogens (tertiary/aromatic N) is 2. The number of nitrogen functional groups attached to an aromatic ring is 1. The number of anilines is 1. The molecule has 0 saturated heterocycles. The Hall–Kier alpha value is -0.860. The number of hydrogen-bond donors (Lipinski definition) is 1. The number of nitrogens with two attached hydrogens (primary N) is 1. The van der Waals surface area contributed by atoms with Gasteiger partial charge in [-0.1, -0.05) is 11.6 Å². The molecule has 3 aromatic rings. The van der Waals surface area contributed by atoms with Crippen molar-refractivity contribution in [1.82, 2.24) is 9.55 Å². The summed E-state index contributed by atoms with van der Waals surface area (Å²) in [5.74, 6) is -0.0118. The number of halogens is 4. The highest BCUT2D eigenvalue weighted by Crippen LogP contribution is 2.30. The predicted molar refractivity (Wildman–Crippen MR) is 90.9 cm³/mol. The monoisotopic (exact) mass is 465 g/mol. The normalized spacial score (nSPS) is 11.2. The molecular weight excluding hydrogens is 459 g/mol. The van der Waals surface area contributed by atoms with Crippen LogP contribution in [0.3, 0.4) is 0 Å². The molecule has 0 saturated carbocycles. The summed E-state index contributed by atoms with van der Waals surface area (Å²) in [7, 11) is 0. The number of fused-ring (bicyclic) bond motifs is 1. The van der Waals surface area contributed by atoms with Gasteiger partial charge in [-0.15, -0.1) is 0 Å². The first-order chi connectivity index (χ1) is 9.47. The quantitative estimate of drug-likeness (QED) is 0.526. The van der Waals surface area contributed by atoms with Gasteiger partial charge in [0.1, 0.15) is 5.82 Å². The van der Waals surface area contributed by atoms with Crippen LogP contribution in [0.2, 0.25) is 5.02 Å². The van der Waals surface area contributed by atoms with Gasteiger partial charge in [0.25, 0.3) is 0 Å². The first-order valence-corrected chi connectivity index (χ1v) is 7.81. The summed E-state index contributed by atoms with van der Waals surface area (Å²) in [5, 5.41) is 0.551. The minimum Gasteiger partial charge on any atom is -0.369 e. The average Bonchev–Trinajstić information content (AvgIpc) is 2.69. The molecule has 102 valence electrons. The summed E-state index contributed by atoms with van der Waals surface area (Å²) in [6, 6.07) is 8.49. The minimum atomic E-state index is -0.303. The Bertz CT molecular complexity index is 834. The molecule has 3 nitrogen and oxygen atoms in total. The summed E-state index contributed by atoms with van der Waals surface area (Å²) in [4.78, 5) is 4.26. The lowest BCUT2D eigenvalue weighted by molar-refractivity contribution is 0.622. The summed E-state index contributed by atoms with van der Waals surface area (Å²) in [6.07, 6.45) is 0. The molecule has 0 fully saturated rings. The van der Waals surface area contributed by atoms with Gasteiger partial charge in [0.2, 0.25) is 5.95 Å². The molecule has 0 aliphatic carbocycles. The Morgan fingerprint density at radius 2 is 2.05 bits per heavy atom. The molecule has 1 heterocycles. The SMILES string of the molecule is Nc1nc2cc(I)c(F)cc2n1-c1ccc(Br)c(Cl)c1. The molecule has 1 aromatic heterocycles. The first-order valence-electron chi connectivity index (χ1n) is 5.56. The van der Waals surface area contributed by atoms with Crippen LogP contribution >= 0.6 is 50.1 Å². The minimum absolute atomic E-state index is 0.291. The highest BCUT2D eigenvalue weighted by molar-refractivity contribution is 14.1. The highest BCUT2D eigenvalue weighted by atomic mass is 127. The highest BCUT2D eigenvalue weighted by Gasteiger charge is 2.13. The molecular formula is C13H7BrClFIN3. The van der Waals surface area contributed by atoms with Crippen LogP contribution in [0.25, 0.3) is 16.7 Å². The van der Waals surface area contributed by atoms with E-state index in [1.54, 1.807) is 16.7 Å². The zero-order valence-electron chi connectivity index (χ0n) is 9.87. The largest absolute Gasteiger partial charge is 0.369 e. The molecule has 0 bridgehead atoms. The van der Waals surface area contributed by atoms with E-state index >= 15 is 0 Å². The standard InChI is InChI=1S/C13H7BrClFIN3/c14-7-2-1-6(3-8(7)15)20-12-4-9(16)10(17)5-11(12)19-13(20)18/h1-5H,(H2,18,19). The molecule has 0 aliphatic rings. The van der Waals surface area contributed by atoms with Crippen molar-refractivity contribution in [2.45, 2.75) is 0 Å². The van der Waals surface area contributed by atoms with Crippen molar-refractivity contribution in [2.75, 3.05) is 5.73 Å². The summed E-state index contributed by atoms with van der Waals surface area (Å²) < 4.78 is 16.7. The third kappa shape index (κ3) is 2.29. The molecule has 20 heavy (non-hydrogen) atoms. The van der Waals surface area contributed by atoms with Crippen molar-refractivity contribution >= 4 is 67.1 Å². The maximum absolute atomic E-state index is 13.8. The molecule has 2 aromatic carbocycles. The van der Waals surface area contributed by atoms with Crippen LogP contribution in [-0.4, -0.2) is 9.55 Å². The van der Waals surface area contributed by atoms with Crippen molar-refractivity contribution in [1.29, 1.82) is 0 Å². The lowest BCUT2D eigenvalue weighted by atomic mass is 10.2. The van der Waals surface area contributed by atoms with Crippen molar-refractivity contribution < 1.29 is 4.39 Å². The van der Waals surface area contributed by atoms with Crippen LogP contribution in [0.15, 0.2) is 34.8 Å². The molecule has 7 heteroatoms. The Morgan fingerprint density at radius 3 is 2.75 bits per heavy atom. The number of rotatable bonds is 1. The third-order valence-corrected chi connectivity index (χ3v) is 4.94. The smallest absolute Gasteiger partial charge is 0.205 e. The van der Waals surface area contributed by atoms with Crippen LogP contribution in [0.5, 0.6) is 0 Å². The van der Waals surface area contributed by atoms with Crippen molar-refractivity contribution in [3.05, 3.63) is 49.2 Å². The maximum atomic E-state index is 13.8. The zero-order valence-corrected chi connectivity index (χ0v) is 14.4. The van der Waals surface area contributed by atoms with E-state index in [1.807, 2.05) is 34.7 Å². The number of benzene rings is 2. The lowest BCUT2D eigenvalue weighted by Crippen LogP contribution is -2.00. The van der Waals surface area contributed by atoms with E-state index in [-0.39, 0.29) is 5.82 Å². The van der Waals surface area contributed by atoms with E-state index in [0.29, 0.717) is 25.6 Å². The molecule has 0 radical (unpaired) electrons. The van der Waals surface area contributed by atoms with E-state index in [0.717, 1.165) is 10.2 Å². The van der Waals surface area contributed by atoms with Crippen LogP contribution in [0, 0.1) is 9.39 Å². The predicted octanol–water partition coefficient (Wildman–Crippen LogP) is 4.77. The third-order valence-electron chi connectivity index (χ3n) is 2.88. The second-order valence-corrected chi connectivity index (χ2v) is 6.58. The Balaban J connectivity index is 2.32. The van der Waals surface area contributed by atoms with E-state index < -0.39 is 0 Å². The fourth-order valence-electron chi connectivity index (χ4n) is 1.99. The second-order valence-electron chi connectivity index (χ2n) is 4.16. The van der Waals surface area contributed by atoms with E-state index in [4.69, 9.17) is 17.3 Å². The van der Waals surface area contributed by atoms with Gasteiger partial charge < -0.3 is 5.73 Å². The van der Waals surface area contributed by atoms with Gasteiger partial charge in [0.05, 0.1) is 25.3 Å². The first kappa shape index (κ1) is 14.1. The molecule has 2 N–H and O–H groups in total. The van der Waals surface area contributed by atoms with Gasteiger partial charge in [-0.05, 0) is 62.8 Å². The summed E-state index contributed by atoms with van der Waals surface area (Å²) in [6.45, 7) is 0. The average molecular weight is 466 g/mol. The fraction of sp³-hybridized carbons (Fsp3) is 0. The summed E-state index contributed by atoms with van der Waals surface area (Å²) >= 11 is 11.4. The Labute approximate surface area is 141 Å². The fourth-order valence-corrected chi connectivity index (χ4v) is 2.86. The number of hydrogen-bond acceptors (Lipinski definition) is 2. The topological polar surface area (TPSA) is 43.8 Å². The van der Waals surface area contributed by atoms with E-state index in [9.17, 15) is 4.39 Å². The number of imidazole rings is 1. The van der Waals surface area contributed by atoms with Crippen LogP contribution in [0.1, 0.15) is 0 Å². The van der Waals surface area contributed by atoms with Gasteiger partial charge in [-0.3, -0.25) is 4.57 Å². The van der Waals surface area contributed by atoms with Crippen LogP contribution < -0.4 is 5.73 Å². The van der Waals surface area contributed by atoms with Crippen LogP contribution in [0.4, 0.5) is 10.3 Å². The maximum Gasteiger partial charge on any atom is 0.205 e. The van der Waals surface area contributed by atoms with Gasteiger partial charge in [-0.2, -0.15) is 0 Å². The van der Waals surface area contributed by atoms with Gasteiger partial charge in [-0.25, -0.2) is 9.37 Å². The lowest BCUT2D eigenvalue weighted by Gasteiger charge is -2.08. The second kappa shape index (κ2) is 5.16. The van der Waals surface area contributed by atoms with E-state index in [1.165, 1.54) is 6.07 Å².